The van der Waals surface area contributed by atoms with Crippen molar-refractivity contribution in [3.05, 3.63) is 35.7 Å². The third kappa shape index (κ3) is 3.14. The molecule has 1 atom stereocenters. The number of aromatic nitrogens is 4. The molecule has 1 fully saturated rings. The van der Waals surface area contributed by atoms with Gasteiger partial charge in [0.15, 0.2) is 10.9 Å². The summed E-state index contributed by atoms with van der Waals surface area (Å²) in [6.07, 6.45) is 3.17. The lowest BCUT2D eigenvalue weighted by Crippen LogP contribution is -2.43. The normalized spacial score (nSPS) is 17.6. The quantitative estimate of drug-likeness (QED) is 0.838. The number of piperidine rings is 1. The van der Waals surface area contributed by atoms with Crippen LogP contribution >= 0.6 is 12.2 Å². The number of nitriles is 1. The predicted octanol–water partition coefficient (Wildman–Crippen LogP) is 1.57. The number of benzene rings is 1. The summed E-state index contributed by atoms with van der Waals surface area (Å²) in [5.41, 5.74) is 1.29. The van der Waals surface area contributed by atoms with E-state index in [2.05, 4.69) is 31.7 Å². The minimum atomic E-state index is 0.0385. The number of tetrazole rings is 1. The summed E-state index contributed by atoms with van der Waals surface area (Å²) in [6, 6.07) is 9.29. The fraction of sp³-hybridized carbons (Fsp3) is 0.400. The number of nitrogens with one attached hydrogen (secondary N) is 1. The molecule has 23 heavy (non-hydrogen) atoms. The number of nitrogens with zero attached hydrogens (tertiary/aromatic N) is 6. The Morgan fingerprint density at radius 3 is 3.09 bits per heavy atom. The van der Waals surface area contributed by atoms with Crippen LogP contribution in [0.2, 0.25) is 0 Å². The maximum absolute atomic E-state index is 9.00. The van der Waals surface area contributed by atoms with Gasteiger partial charge in [-0.1, -0.05) is 6.07 Å². The summed E-state index contributed by atoms with van der Waals surface area (Å²) in [4.78, 5) is 3.58. The van der Waals surface area contributed by atoms with Crippen molar-refractivity contribution in [2.45, 2.75) is 25.3 Å². The van der Waals surface area contributed by atoms with Crippen LogP contribution < -0.4 is 5.32 Å². The molecule has 0 radical (unpaired) electrons. The van der Waals surface area contributed by atoms with Crippen molar-refractivity contribution in [3.63, 3.8) is 0 Å². The van der Waals surface area contributed by atoms with Crippen LogP contribution in [0.4, 0.5) is 0 Å². The molecule has 1 saturated heterocycles. The average Bonchev–Trinajstić information content (AvgIpc) is 3.11. The van der Waals surface area contributed by atoms with Crippen LogP contribution in [-0.4, -0.2) is 43.8 Å². The molecule has 0 amide bonds. The van der Waals surface area contributed by atoms with E-state index in [1.165, 1.54) is 4.80 Å². The Bertz CT molecular complexity index is 748. The molecule has 1 aliphatic heterocycles. The van der Waals surface area contributed by atoms with Gasteiger partial charge in [0, 0.05) is 13.6 Å². The Morgan fingerprint density at radius 1 is 1.43 bits per heavy atom. The zero-order chi connectivity index (χ0) is 16.2. The number of thiocarbonyl (C=S) groups is 1. The van der Waals surface area contributed by atoms with Crippen LogP contribution in [0.1, 0.15) is 36.7 Å². The van der Waals surface area contributed by atoms with Gasteiger partial charge in [-0.2, -0.15) is 5.26 Å². The van der Waals surface area contributed by atoms with E-state index in [1.807, 2.05) is 13.1 Å². The average molecular weight is 327 g/mol. The summed E-state index contributed by atoms with van der Waals surface area (Å²) in [5, 5.41) is 25.6. The zero-order valence-corrected chi connectivity index (χ0v) is 13.6. The maximum Gasteiger partial charge on any atom is 0.197 e. The van der Waals surface area contributed by atoms with Gasteiger partial charge in [0.05, 0.1) is 23.4 Å². The van der Waals surface area contributed by atoms with Gasteiger partial charge in [0.1, 0.15) is 0 Å². The first-order valence-corrected chi connectivity index (χ1v) is 7.92. The van der Waals surface area contributed by atoms with E-state index in [0.717, 1.165) is 31.5 Å². The summed E-state index contributed by atoms with van der Waals surface area (Å²) in [6.45, 7) is 0.892. The van der Waals surface area contributed by atoms with Crippen LogP contribution in [0.3, 0.4) is 0 Å². The molecule has 2 aromatic rings. The van der Waals surface area contributed by atoms with Crippen molar-refractivity contribution in [1.29, 1.82) is 5.26 Å². The summed E-state index contributed by atoms with van der Waals surface area (Å²) in [5.74, 6) is 0.657. The third-order valence-corrected chi connectivity index (χ3v) is 4.35. The van der Waals surface area contributed by atoms with Crippen LogP contribution in [0.25, 0.3) is 5.69 Å². The van der Waals surface area contributed by atoms with Crippen LogP contribution in [0.15, 0.2) is 24.3 Å². The van der Waals surface area contributed by atoms with Gasteiger partial charge in [-0.05, 0) is 54.9 Å². The predicted molar refractivity (Wildman–Crippen MR) is 88.8 cm³/mol. The molecule has 0 bridgehead atoms. The van der Waals surface area contributed by atoms with Crippen LogP contribution in [-0.2, 0) is 0 Å². The topological polar surface area (TPSA) is 82.7 Å². The van der Waals surface area contributed by atoms with E-state index in [0.29, 0.717) is 16.5 Å². The van der Waals surface area contributed by atoms with Gasteiger partial charge >= 0.3 is 0 Å². The molecule has 0 spiro atoms. The molecular formula is C15H17N7S. The first-order chi connectivity index (χ1) is 11.2. The van der Waals surface area contributed by atoms with Crippen molar-refractivity contribution in [1.82, 2.24) is 30.4 Å². The lowest BCUT2D eigenvalue weighted by molar-refractivity contribution is 0.233. The molecule has 2 heterocycles. The maximum atomic E-state index is 9.00. The van der Waals surface area contributed by atoms with E-state index < -0.39 is 0 Å². The van der Waals surface area contributed by atoms with E-state index in [4.69, 9.17) is 17.5 Å². The molecule has 0 aliphatic carbocycles. The van der Waals surface area contributed by atoms with Gasteiger partial charge < -0.3 is 10.2 Å². The Labute approximate surface area is 139 Å². The Balaban J connectivity index is 1.88. The largest absolute Gasteiger partial charge is 0.366 e. The summed E-state index contributed by atoms with van der Waals surface area (Å²) < 4.78 is 0. The molecule has 1 aromatic heterocycles. The molecule has 1 unspecified atom stereocenters. The highest BCUT2D eigenvalue weighted by molar-refractivity contribution is 7.80. The van der Waals surface area contributed by atoms with Crippen molar-refractivity contribution < 1.29 is 0 Å². The van der Waals surface area contributed by atoms with Gasteiger partial charge in [-0.3, -0.25) is 0 Å². The van der Waals surface area contributed by atoms with Crippen molar-refractivity contribution in [2.24, 2.45) is 0 Å². The van der Waals surface area contributed by atoms with Crippen LogP contribution in [0, 0.1) is 11.3 Å². The standard InChI is InChI=1S/C15H17N7S/c1-17-15(23)21-8-3-2-7-13(21)14-18-20-22(19-14)12-6-4-5-11(9-12)10-16/h4-6,9,13H,2-3,7-8H2,1H3,(H,17,23). The third-order valence-electron chi connectivity index (χ3n) is 3.91. The molecule has 8 heteroatoms. The van der Waals surface area contributed by atoms with Gasteiger partial charge in [0.2, 0.25) is 0 Å². The molecule has 0 saturated carbocycles. The fourth-order valence-electron chi connectivity index (χ4n) is 2.75. The Morgan fingerprint density at radius 2 is 2.30 bits per heavy atom. The SMILES string of the molecule is CNC(=S)N1CCCCC1c1nnn(-c2cccc(C#N)c2)n1. The zero-order valence-electron chi connectivity index (χ0n) is 12.8. The number of hydrogen-bond donors (Lipinski definition) is 1. The molecule has 3 rings (SSSR count). The van der Waals surface area contributed by atoms with Crippen molar-refractivity contribution in [3.8, 4) is 11.8 Å². The van der Waals surface area contributed by atoms with E-state index in [-0.39, 0.29) is 6.04 Å². The fourth-order valence-corrected chi connectivity index (χ4v) is 2.97. The minimum absolute atomic E-state index is 0.0385. The molecular weight excluding hydrogens is 310 g/mol. The first kappa shape index (κ1) is 15.4. The second kappa shape index (κ2) is 6.71. The lowest BCUT2D eigenvalue weighted by atomic mass is 10.0. The highest BCUT2D eigenvalue weighted by atomic mass is 32.1. The highest BCUT2D eigenvalue weighted by Gasteiger charge is 2.29. The first-order valence-electron chi connectivity index (χ1n) is 7.51. The number of likely N-dealkylation sites (tertiary alicyclic amines) is 1. The summed E-state index contributed by atoms with van der Waals surface area (Å²) >= 11 is 5.38. The van der Waals surface area contributed by atoms with E-state index in [1.54, 1.807) is 18.2 Å². The monoisotopic (exact) mass is 327 g/mol. The van der Waals surface area contributed by atoms with E-state index in [9.17, 15) is 0 Å². The lowest BCUT2D eigenvalue weighted by Gasteiger charge is -2.35. The van der Waals surface area contributed by atoms with Gasteiger partial charge in [-0.15, -0.1) is 15.0 Å². The summed E-state index contributed by atoms with van der Waals surface area (Å²) in [7, 11) is 1.83. The Kier molecular flexibility index (Phi) is 4.48. The second-order valence-electron chi connectivity index (χ2n) is 5.36. The molecule has 1 aliphatic rings. The van der Waals surface area contributed by atoms with Crippen molar-refractivity contribution >= 4 is 17.3 Å². The number of rotatable bonds is 2. The van der Waals surface area contributed by atoms with E-state index >= 15 is 0 Å². The number of hydrogen-bond acceptors (Lipinski definition) is 5. The molecule has 1 aromatic carbocycles. The second-order valence-corrected chi connectivity index (χ2v) is 5.75. The highest BCUT2D eigenvalue weighted by Crippen LogP contribution is 2.28. The minimum Gasteiger partial charge on any atom is -0.366 e. The molecule has 7 nitrogen and oxygen atoms in total. The van der Waals surface area contributed by atoms with Gasteiger partial charge in [-0.25, -0.2) is 0 Å². The molecule has 118 valence electrons. The molecule has 1 N–H and O–H groups in total. The van der Waals surface area contributed by atoms with Crippen molar-refractivity contribution in [2.75, 3.05) is 13.6 Å². The smallest absolute Gasteiger partial charge is 0.197 e. The Hall–Kier alpha value is -2.53. The van der Waals surface area contributed by atoms with Gasteiger partial charge in [0.25, 0.3) is 0 Å². The van der Waals surface area contributed by atoms with Crippen LogP contribution in [0.5, 0.6) is 0 Å².